The van der Waals surface area contributed by atoms with Crippen LogP contribution in [0.25, 0.3) is 0 Å². The topological polar surface area (TPSA) is 101 Å². The number of halogens is 1. The van der Waals surface area contributed by atoms with Crippen LogP contribution in [0.1, 0.15) is 21.5 Å². The van der Waals surface area contributed by atoms with E-state index in [-0.39, 0.29) is 20.4 Å². The van der Waals surface area contributed by atoms with E-state index in [4.69, 9.17) is 11.6 Å². The Bertz CT molecular complexity index is 1160. The quantitative estimate of drug-likeness (QED) is 0.764. The van der Waals surface area contributed by atoms with Gasteiger partial charge < -0.3 is 5.32 Å². The summed E-state index contributed by atoms with van der Waals surface area (Å²) in [5.41, 5.74) is 1.63. The van der Waals surface area contributed by atoms with E-state index >= 15 is 0 Å². The first kappa shape index (κ1) is 22.4. The molecule has 0 aliphatic heterocycles. The SMILES string of the molecule is Cc1cc(S(=O)(=O)N(C)C)cc(NC(=O)c2cc(S(C)(=O)=O)ccc2Cl)c1C. The number of hydrogen-bond donors (Lipinski definition) is 1. The zero-order valence-corrected chi connectivity index (χ0v) is 18.5. The molecule has 0 saturated carbocycles. The number of nitrogens with one attached hydrogen (secondary N) is 1. The smallest absolute Gasteiger partial charge is 0.257 e. The van der Waals surface area contributed by atoms with Crippen molar-refractivity contribution in [2.24, 2.45) is 0 Å². The molecule has 0 saturated heterocycles. The van der Waals surface area contributed by atoms with Crippen molar-refractivity contribution in [2.45, 2.75) is 23.6 Å². The van der Waals surface area contributed by atoms with Gasteiger partial charge in [0.1, 0.15) is 0 Å². The van der Waals surface area contributed by atoms with E-state index < -0.39 is 25.8 Å². The summed E-state index contributed by atoms with van der Waals surface area (Å²) in [6.07, 6.45) is 1.03. The van der Waals surface area contributed by atoms with E-state index in [1.54, 1.807) is 13.8 Å². The number of amides is 1. The molecule has 0 aliphatic carbocycles. The predicted octanol–water partition coefficient (Wildman–Crippen LogP) is 2.86. The number of rotatable bonds is 5. The second-order valence-electron chi connectivity index (χ2n) is 6.57. The number of anilines is 1. The monoisotopic (exact) mass is 444 g/mol. The van der Waals surface area contributed by atoms with E-state index in [9.17, 15) is 21.6 Å². The molecule has 0 aliphatic rings. The Morgan fingerprint density at radius 1 is 1.00 bits per heavy atom. The summed E-state index contributed by atoms with van der Waals surface area (Å²) in [5, 5.41) is 2.72. The highest BCUT2D eigenvalue weighted by Crippen LogP contribution is 2.27. The van der Waals surface area contributed by atoms with Crippen molar-refractivity contribution in [1.82, 2.24) is 4.31 Å². The molecule has 0 bridgehead atoms. The fourth-order valence-corrected chi connectivity index (χ4v) is 4.28. The summed E-state index contributed by atoms with van der Waals surface area (Å²) in [7, 11) is -4.39. The highest BCUT2D eigenvalue weighted by Gasteiger charge is 2.21. The number of benzene rings is 2. The van der Waals surface area contributed by atoms with E-state index in [1.165, 1.54) is 44.4 Å². The Balaban J connectivity index is 2.52. The van der Waals surface area contributed by atoms with Gasteiger partial charge in [-0.15, -0.1) is 0 Å². The van der Waals surface area contributed by atoms with Crippen molar-refractivity contribution in [3.8, 4) is 0 Å². The molecule has 0 unspecified atom stereocenters. The Hall–Kier alpha value is -1.94. The van der Waals surface area contributed by atoms with Gasteiger partial charge in [0.05, 0.1) is 20.4 Å². The van der Waals surface area contributed by atoms with Crippen LogP contribution < -0.4 is 5.32 Å². The van der Waals surface area contributed by atoms with Gasteiger partial charge >= 0.3 is 0 Å². The van der Waals surface area contributed by atoms with Gasteiger partial charge in [0.15, 0.2) is 9.84 Å². The maximum absolute atomic E-state index is 12.7. The molecule has 0 spiro atoms. The van der Waals surface area contributed by atoms with E-state index in [0.29, 0.717) is 16.8 Å². The summed E-state index contributed by atoms with van der Waals surface area (Å²) in [6, 6.07) is 6.73. The van der Waals surface area contributed by atoms with Crippen LogP contribution >= 0.6 is 11.6 Å². The molecule has 0 heterocycles. The highest BCUT2D eigenvalue weighted by molar-refractivity contribution is 7.90. The second-order valence-corrected chi connectivity index (χ2v) is 11.1. The molecular formula is C18H21ClN2O5S2. The van der Waals surface area contributed by atoms with Crippen LogP contribution in [-0.2, 0) is 19.9 Å². The van der Waals surface area contributed by atoms with Crippen molar-refractivity contribution in [1.29, 1.82) is 0 Å². The molecule has 2 aromatic carbocycles. The lowest BCUT2D eigenvalue weighted by molar-refractivity contribution is 0.102. The standard InChI is InChI=1S/C18H21ClN2O5S2/c1-11-8-14(28(25,26)21(3)4)10-17(12(11)2)20-18(22)15-9-13(27(5,23)24)6-7-16(15)19/h6-10H,1-5H3,(H,20,22). The van der Waals surface area contributed by atoms with Crippen LogP contribution in [0.4, 0.5) is 5.69 Å². The minimum atomic E-state index is -3.70. The summed E-state index contributed by atoms with van der Waals surface area (Å²) in [5.74, 6) is -0.641. The van der Waals surface area contributed by atoms with Crippen LogP contribution in [0.3, 0.4) is 0 Å². The lowest BCUT2D eigenvalue weighted by Gasteiger charge is -2.17. The van der Waals surface area contributed by atoms with Gasteiger partial charge in [0.25, 0.3) is 5.91 Å². The van der Waals surface area contributed by atoms with Crippen molar-refractivity contribution in [3.05, 3.63) is 52.0 Å². The molecule has 0 atom stereocenters. The van der Waals surface area contributed by atoms with Gasteiger partial charge in [0, 0.05) is 26.0 Å². The molecule has 2 rings (SSSR count). The molecule has 7 nitrogen and oxygen atoms in total. The third-order valence-corrected chi connectivity index (χ3v) is 7.51. The number of carbonyl (C=O) groups is 1. The first-order valence-electron chi connectivity index (χ1n) is 8.10. The van der Waals surface area contributed by atoms with E-state index in [0.717, 1.165) is 10.6 Å². The molecule has 0 aromatic heterocycles. The molecule has 10 heteroatoms. The normalized spacial score (nSPS) is 12.2. The van der Waals surface area contributed by atoms with Gasteiger partial charge in [-0.05, 0) is 55.3 Å². The average Bonchev–Trinajstić information content (AvgIpc) is 2.57. The van der Waals surface area contributed by atoms with Crippen LogP contribution in [0.15, 0.2) is 40.1 Å². The van der Waals surface area contributed by atoms with Gasteiger partial charge in [-0.2, -0.15) is 0 Å². The number of aryl methyl sites for hydroxylation is 1. The molecule has 152 valence electrons. The first-order valence-corrected chi connectivity index (χ1v) is 11.8. The first-order chi connectivity index (χ1) is 12.7. The summed E-state index contributed by atoms with van der Waals surface area (Å²) >= 11 is 6.07. The van der Waals surface area contributed by atoms with Crippen molar-refractivity contribution < 1.29 is 21.6 Å². The van der Waals surface area contributed by atoms with Crippen LogP contribution in [0.5, 0.6) is 0 Å². The maximum Gasteiger partial charge on any atom is 0.257 e. The largest absolute Gasteiger partial charge is 0.322 e. The van der Waals surface area contributed by atoms with Crippen molar-refractivity contribution in [3.63, 3.8) is 0 Å². The third-order valence-electron chi connectivity index (χ3n) is 4.28. The molecule has 0 radical (unpaired) electrons. The Morgan fingerprint density at radius 2 is 1.61 bits per heavy atom. The maximum atomic E-state index is 12.7. The van der Waals surface area contributed by atoms with Gasteiger partial charge in [-0.1, -0.05) is 11.6 Å². The fraction of sp³-hybridized carbons (Fsp3) is 0.278. The molecule has 2 aromatic rings. The average molecular weight is 445 g/mol. The Labute approximate surface area is 170 Å². The van der Waals surface area contributed by atoms with Gasteiger partial charge in [-0.3, -0.25) is 4.79 Å². The number of nitrogens with zero attached hydrogens (tertiary/aromatic N) is 1. The zero-order valence-electron chi connectivity index (χ0n) is 16.1. The molecule has 0 fully saturated rings. The summed E-state index contributed by atoms with van der Waals surface area (Å²) < 4.78 is 49.5. The van der Waals surface area contributed by atoms with Crippen molar-refractivity contribution >= 4 is 43.1 Å². The summed E-state index contributed by atoms with van der Waals surface area (Å²) in [6.45, 7) is 3.47. The Morgan fingerprint density at radius 3 is 2.14 bits per heavy atom. The van der Waals surface area contributed by atoms with E-state index in [1.807, 2.05) is 0 Å². The highest BCUT2D eigenvalue weighted by atomic mass is 35.5. The molecule has 1 N–H and O–H groups in total. The predicted molar refractivity (Wildman–Crippen MR) is 109 cm³/mol. The number of carbonyl (C=O) groups excluding carboxylic acids is 1. The fourth-order valence-electron chi connectivity index (χ4n) is 2.41. The zero-order chi connectivity index (χ0) is 21.4. The van der Waals surface area contributed by atoms with Crippen LogP contribution in [-0.4, -0.2) is 47.4 Å². The van der Waals surface area contributed by atoms with Gasteiger partial charge in [0.2, 0.25) is 10.0 Å². The minimum Gasteiger partial charge on any atom is -0.322 e. The lowest BCUT2D eigenvalue weighted by Crippen LogP contribution is -2.23. The number of sulfone groups is 1. The number of sulfonamides is 1. The van der Waals surface area contributed by atoms with Gasteiger partial charge in [-0.25, -0.2) is 21.1 Å². The molecule has 28 heavy (non-hydrogen) atoms. The summed E-state index contributed by atoms with van der Waals surface area (Å²) in [4.78, 5) is 12.7. The molecular weight excluding hydrogens is 424 g/mol. The van der Waals surface area contributed by atoms with Crippen molar-refractivity contribution in [2.75, 3.05) is 25.7 Å². The third kappa shape index (κ3) is 4.54. The van der Waals surface area contributed by atoms with Crippen LogP contribution in [0.2, 0.25) is 5.02 Å². The van der Waals surface area contributed by atoms with Crippen LogP contribution in [0, 0.1) is 13.8 Å². The molecule has 1 amide bonds. The van der Waals surface area contributed by atoms with E-state index in [2.05, 4.69) is 5.32 Å². The number of hydrogen-bond acceptors (Lipinski definition) is 5. The second kappa shape index (κ2) is 7.82. The lowest BCUT2D eigenvalue weighted by atomic mass is 10.1. The minimum absolute atomic E-state index is 0.0254. The Kier molecular flexibility index (Phi) is 6.25.